The molecule has 0 spiro atoms. The number of H-pyrrole nitrogens is 1. The molecule has 3 heterocycles. The van der Waals surface area contributed by atoms with Gasteiger partial charge in [0.2, 0.25) is 5.95 Å². The van der Waals surface area contributed by atoms with E-state index in [1.165, 1.54) is 0 Å². The zero-order chi connectivity index (χ0) is 13.9. The van der Waals surface area contributed by atoms with Gasteiger partial charge in [0.15, 0.2) is 5.65 Å². The largest absolute Gasteiger partial charge is 0.369 e. The van der Waals surface area contributed by atoms with Crippen molar-refractivity contribution in [2.45, 2.75) is 12.8 Å². The number of thiazole rings is 1. The first-order chi connectivity index (χ1) is 9.78. The van der Waals surface area contributed by atoms with Crippen LogP contribution in [0.15, 0.2) is 17.8 Å². The smallest absolute Gasteiger partial charge is 0.226 e. The third kappa shape index (κ3) is 2.42. The van der Waals surface area contributed by atoms with Crippen LogP contribution < -0.4 is 10.6 Å². The lowest BCUT2D eigenvalue weighted by atomic mass is 10.2. The van der Waals surface area contributed by atoms with E-state index in [4.69, 9.17) is 0 Å². The van der Waals surface area contributed by atoms with Crippen molar-refractivity contribution in [3.05, 3.63) is 22.8 Å². The molecule has 1 atom stereocenters. The fourth-order valence-corrected chi connectivity index (χ4v) is 2.59. The van der Waals surface area contributed by atoms with Gasteiger partial charge in [-0.15, -0.1) is 11.3 Å². The molecular formula is C12H15N7S. The summed E-state index contributed by atoms with van der Waals surface area (Å²) in [5.41, 5.74) is 0.716. The molecule has 0 aromatic carbocycles. The minimum atomic E-state index is 0.324. The molecule has 3 rings (SSSR count). The van der Waals surface area contributed by atoms with Crippen LogP contribution in [0.4, 0.5) is 11.8 Å². The predicted octanol–water partition coefficient (Wildman–Crippen LogP) is 2.07. The maximum absolute atomic E-state index is 4.43. The van der Waals surface area contributed by atoms with Gasteiger partial charge in [-0.1, -0.05) is 6.92 Å². The maximum atomic E-state index is 4.43. The molecule has 0 radical (unpaired) electrons. The lowest BCUT2D eigenvalue weighted by Gasteiger charge is -2.11. The predicted molar refractivity (Wildman–Crippen MR) is 80.2 cm³/mol. The second kappa shape index (κ2) is 5.41. The normalized spacial score (nSPS) is 12.5. The minimum Gasteiger partial charge on any atom is -0.369 e. The van der Waals surface area contributed by atoms with Crippen LogP contribution in [0.2, 0.25) is 0 Å². The number of nitrogens with zero attached hydrogens (tertiary/aromatic N) is 4. The summed E-state index contributed by atoms with van der Waals surface area (Å²) in [6.45, 7) is 2.90. The molecule has 0 saturated heterocycles. The summed E-state index contributed by atoms with van der Waals surface area (Å²) in [6.07, 6.45) is 3.56. The number of fused-ring (bicyclic) bond motifs is 1. The first kappa shape index (κ1) is 12.8. The number of anilines is 2. The molecule has 3 N–H and O–H groups in total. The lowest BCUT2D eigenvalue weighted by molar-refractivity contribution is 0.792. The van der Waals surface area contributed by atoms with Gasteiger partial charge in [-0.2, -0.15) is 15.1 Å². The van der Waals surface area contributed by atoms with Gasteiger partial charge in [0.05, 0.1) is 16.6 Å². The van der Waals surface area contributed by atoms with Crippen LogP contribution >= 0.6 is 11.3 Å². The Kier molecular flexibility index (Phi) is 3.46. The molecule has 0 amide bonds. The van der Waals surface area contributed by atoms with E-state index in [9.17, 15) is 0 Å². The molecule has 0 fully saturated rings. The molecule has 0 bridgehead atoms. The number of rotatable bonds is 5. The van der Waals surface area contributed by atoms with Crippen molar-refractivity contribution in [3.8, 4) is 0 Å². The summed E-state index contributed by atoms with van der Waals surface area (Å²) in [5, 5.41) is 17.2. The number of aromatic amines is 1. The van der Waals surface area contributed by atoms with E-state index < -0.39 is 0 Å². The average Bonchev–Trinajstić information content (AvgIpc) is 3.14. The molecule has 3 aromatic heterocycles. The van der Waals surface area contributed by atoms with Crippen molar-refractivity contribution >= 4 is 34.1 Å². The van der Waals surface area contributed by atoms with Crippen LogP contribution in [0.25, 0.3) is 11.0 Å². The SMILES string of the molecule is CNc1nc(NCC(C)c2nccs2)c2cn[nH]c2n1. The summed E-state index contributed by atoms with van der Waals surface area (Å²) in [4.78, 5) is 13.1. The van der Waals surface area contributed by atoms with Gasteiger partial charge in [0.25, 0.3) is 0 Å². The average molecular weight is 289 g/mol. The van der Waals surface area contributed by atoms with Crippen LogP contribution in [0.5, 0.6) is 0 Å². The highest BCUT2D eigenvalue weighted by Gasteiger charge is 2.12. The second-order valence-electron chi connectivity index (χ2n) is 4.43. The Labute approximate surface area is 119 Å². The van der Waals surface area contributed by atoms with Crippen LogP contribution in [0.1, 0.15) is 17.8 Å². The van der Waals surface area contributed by atoms with Crippen molar-refractivity contribution in [1.82, 2.24) is 25.1 Å². The summed E-state index contributed by atoms with van der Waals surface area (Å²) >= 11 is 1.66. The molecule has 0 aliphatic rings. The zero-order valence-electron chi connectivity index (χ0n) is 11.2. The van der Waals surface area contributed by atoms with Gasteiger partial charge in [-0.05, 0) is 0 Å². The molecular weight excluding hydrogens is 274 g/mol. The highest BCUT2D eigenvalue weighted by atomic mass is 32.1. The Hall–Kier alpha value is -2.22. The number of aromatic nitrogens is 5. The van der Waals surface area contributed by atoms with Crippen molar-refractivity contribution in [2.75, 3.05) is 24.2 Å². The first-order valence-corrected chi connectivity index (χ1v) is 7.18. The van der Waals surface area contributed by atoms with E-state index in [-0.39, 0.29) is 0 Å². The van der Waals surface area contributed by atoms with E-state index >= 15 is 0 Å². The molecule has 0 aliphatic carbocycles. The zero-order valence-corrected chi connectivity index (χ0v) is 12.0. The van der Waals surface area contributed by atoms with Gasteiger partial charge in [-0.25, -0.2) is 4.98 Å². The van der Waals surface area contributed by atoms with Crippen LogP contribution in [-0.4, -0.2) is 38.7 Å². The summed E-state index contributed by atoms with van der Waals surface area (Å²) < 4.78 is 0. The number of nitrogens with one attached hydrogen (secondary N) is 3. The summed E-state index contributed by atoms with van der Waals surface area (Å²) in [7, 11) is 1.79. The minimum absolute atomic E-state index is 0.324. The molecule has 0 saturated carbocycles. The molecule has 3 aromatic rings. The topological polar surface area (TPSA) is 91.4 Å². The Balaban J connectivity index is 1.81. The second-order valence-corrected chi connectivity index (χ2v) is 5.36. The monoisotopic (exact) mass is 289 g/mol. The Morgan fingerprint density at radius 1 is 1.40 bits per heavy atom. The Bertz CT molecular complexity index is 691. The van der Waals surface area contributed by atoms with Gasteiger partial charge in [0, 0.05) is 31.1 Å². The van der Waals surface area contributed by atoms with E-state index in [1.807, 2.05) is 11.6 Å². The molecule has 8 heteroatoms. The summed E-state index contributed by atoms with van der Waals surface area (Å²) in [6, 6.07) is 0. The third-order valence-electron chi connectivity index (χ3n) is 2.98. The van der Waals surface area contributed by atoms with E-state index in [1.54, 1.807) is 24.6 Å². The molecule has 20 heavy (non-hydrogen) atoms. The Morgan fingerprint density at radius 3 is 3.05 bits per heavy atom. The Morgan fingerprint density at radius 2 is 2.30 bits per heavy atom. The van der Waals surface area contributed by atoms with Crippen molar-refractivity contribution in [1.29, 1.82) is 0 Å². The fourth-order valence-electron chi connectivity index (χ4n) is 1.90. The highest BCUT2D eigenvalue weighted by Crippen LogP contribution is 2.22. The molecule has 7 nitrogen and oxygen atoms in total. The molecule has 1 unspecified atom stereocenters. The molecule has 104 valence electrons. The van der Waals surface area contributed by atoms with Crippen LogP contribution in [0.3, 0.4) is 0 Å². The van der Waals surface area contributed by atoms with E-state index in [0.29, 0.717) is 17.5 Å². The number of hydrogen-bond acceptors (Lipinski definition) is 7. The van der Waals surface area contributed by atoms with Crippen molar-refractivity contribution in [2.24, 2.45) is 0 Å². The van der Waals surface area contributed by atoms with Gasteiger partial charge in [0.1, 0.15) is 5.82 Å². The summed E-state index contributed by atoms with van der Waals surface area (Å²) in [5.74, 6) is 1.66. The lowest BCUT2D eigenvalue weighted by Crippen LogP contribution is -2.12. The number of hydrogen-bond donors (Lipinski definition) is 3. The quantitative estimate of drug-likeness (QED) is 0.666. The molecule has 0 aliphatic heterocycles. The van der Waals surface area contributed by atoms with E-state index in [2.05, 4.69) is 42.7 Å². The third-order valence-corrected chi connectivity index (χ3v) is 3.99. The first-order valence-electron chi connectivity index (χ1n) is 6.30. The van der Waals surface area contributed by atoms with Gasteiger partial charge in [-0.3, -0.25) is 5.10 Å². The van der Waals surface area contributed by atoms with Gasteiger partial charge >= 0.3 is 0 Å². The van der Waals surface area contributed by atoms with Crippen molar-refractivity contribution < 1.29 is 0 Å². The highest BCUT2D eigenvalue weighted by molar-refractivity contribution is 7.09. The van der Waals surface area contributed by atoms with E-state index in [0.717, 1.165) is 22.8 Å². The maximum Gasteiger partial charge on any atom is 0.226 e. The standard InChI is InChI=1S/C12H15N7S/c1-7(11-14-3-4-20-11)5-15-9-8-6-16-19-10(8)18-12(13-2)17-9/h3-4,6-7H,5H2,1-2H3,(H3,13,15,16,17,18,19). The van der Waals surface area contributed by atoms with Crippen molar-refractivity contribution in [3.63, 3.8) is 0 Å². The fraction of sp³-hybridized carbons (Fsp3) is 0.333. The van der Waals surface area contributed by atoms with Gasteiger partial charge < -0.3 is 10.6 Å². The van der Waals surface area contributed by atoms with Crippen LogP contribution in [0, 0.1) is 0 Å². The van der Waals surface area contributed by atoms with Crippen LogP contribution in [-0.2, 0) is 0 Å².